The maximum absolute atomic E-state index is 12.3. The number of carbonyl (C=O) groups is 1. The van der Waals surface area contributed by atoms with Gasteiger partial charge in [-0.2, -0.15) is 4.31 Å². The lowest BCUT2D eigenvalue weighted by Gasteiger charge is -2.42. The van der Waals surface area contributed by atoms with Crippen LogP contribution in [-0.4, -0.2) is 68.2 Å². The molecule has 0 spiro atoms. The third-order valence-corrected chi connectivity index (χ3v) is 6.36. The molecule has 6 nitrogen and oxygen atoms in total. The van der Waals surface area contributed by atoms with E-state index in [4.69, 9.17) is 4.74 Å². The number of likely N-dealkylation sites (tertiary alicyclic amines) is 1. The third kappa shape index (κ3) is 3.63. The van der Waals surface area contributed by atoms with E-state index in [1.54, 1.807) is 4.31 Å². The number of rotatable bonds is 4. The predicted octanol–water partition coefficient (Wildman–Crippen LogP) is 0.828. The highest BCUT2D eigenvalue weighted by atomic mass is 32.2. The van der Waals surface area contributed by atoms with Gasteiger partial charge in [0.1, 0.15) is 0 Å². The first kappa shape index (κ1) is 16.2. The van der Waals surface area contributed by atoms with E-state index in [1.807, 2.05) is 4.90 Å². The van der Waals surface area contributed by atoms with Crippen LogP contribution >= 0.6 is 0 Å². The molecule has 0 aromatic carbocycles. The van der Waals surface area contributed by atoms with Crippen LogP contribution < -0.4 is 0 Å². The molecular formula is C15H26N2O4S. The van der Waals surface area contributed by atoms with Crippen LogP contribution in [0, 0.1) is 5.92 Å². The van der Waals surface area contributed by atoms with Crippen molar-refractivity contribution in [2.24, 2.45) is 5.92 Å². The Kier molecular flexibility index (Phi) is 4.75. The molecule has 3 aliphatic rings. The molecule has 0 unspecified atom stereocenters. The first-order valence-electron chi connectivity index (χ1n) is 8.32. The van der Waals surface area contributed by atoms with Crippen LogP contribution in [0.3, 0.4) is 0 Å². The van der Waals surface area contributed by atoms with Crippen LogP contribution in [-0.2, 0) is 19.6 Å². The molecule has 1 amide bonds. The predicted molar refractivity (Wildman–Crippen MR) is 82.8 cm³/mol. The van der Waals surface area contributed by atoms with Gasteiger partial charge in [-0.05, 0) is 38.5 Å². The fraction of sp³-hybridized carbons (Fsp3) is 0.933. The Morgan fingerprint density at radius 2 is 1.55 bits per heavy atom. The lowest BCUT2D eigenvalue weighted by molar-refractivity contribution is -0.134. The molecule has 0 atom stereocenters. The molecule has 22 heavy (non-hydrogen) atoms. The fourth-order valence-electron chi connectivity index (χ4n) is 3.71. The second-order valence-corrected chi connectivity index (χ2v) is 8.65. The topological polar surface area (TPSA) is 66.9 Å². The average Bonchev–Trinajstić information content (AvgIpc) is 3.32. The van der Waals surface area contributed by atoms with E-state index in [0.29, 0.717) is 26.3 Å². The van der Waals surface area contributed by atoms with E-state index < -0.39 is 10.0 Å². The Morgan fingerprint density at radius 1 is 1.00 bits per heavy atom. The van der Waals surface area contributed by atoms with Crippen LogP contribution in [0.2, 0.25) is 0 Å². The molecule has 0 bridgehead atoms. The molecule has 126 valence electrons. The average molecular weight is 330 g/mol. The quantitative estimate of drug-likeness (QED) is 0.766. The summed E-state index contributed by atoms with van der Waals surface area (Å²) in [5.41, 5.74) is 0. The van der Waals surface area contributed by atoms with Gasteiger partial charge in [0, 0.05) is 44.3 Å². The van der Waals surface area contributed by atoms with Crippen molar-refractivity contribution in [3.63, 3.8) is 0 Å². The molecule has 0 radical (unpaired) electrons. The maximum atomic E-state index is 12.3. The van der Waals surface area contributed by atoms with Crippen LogP contribution in [0.15, 0.2) is 0 Å². The number of nitrogens with zero attached hydrogens (tertiary/aromatic N) is 2. The monoisotopic (exact) mass is 330 g/mol. The summed E-state index contributed by atoms with van der Waals surface area (Å²) in [7, 11) is -3.23. The normalized spacial score (nSPS) is 25.6. The highest BCUT2D eigenvalue weighted by Crippen LogP contribution is 2.33. The molecule has 3 fully saturated rings. The van der Waals surface area contributed by atoms with Crippen molar-refractivity contribution < 1.29 is 17.9 Å². The van der Waals surface area contributed by atoms with Crippen LogP contribution in [0.5, 0.6) is 0 Å². The molecule has 0 aromatic heterocycles. The molecule has 0 N–H and O–H groups in total. The van der Waals surface area contributed by atoms with E-state index >= 15 is 0 Å². The molecule has 1 saturated carbocycles. The Labute approximate surface area is 132 Å². The van der Waals surface area contributed by atoms with Gasteiger partial charge in [-0.25, -0.2) is 8.42 Å². The van der Waals surface area contributed by atoms with Crippen LogP contribution in [0.4, 0.5) is 0 Å². The third-order valence-electron chi connectivity index (χ3n) is 5.00. The largest absolute Gasteiger partial charge is 0.381 e. The summed E-state index contributed by atoms with van der Waals surface area (Å²) in [4.78, 5) is 14.0. The maximum Gasteiger partial charge on any atom is 0.225 e. The van der Waals surface area contributed by atoms with Gasteiger partial charge in [0.05, 0.1) is 6.26 Å². The minimum Gasteiger partial charge on any atom is -0.381 e. The minimum absolute atomic E-state index is 0.0290. The molecule has 2 aliphatic heterocycles. The number of carbonyl (C=O) groups excluding carboxylic acids is 1. The number of amides is 1. The summed E-state index contributed by atoms with van der Waals surface area (Å²) >= 11 is 0. The van der Waals surface area contributed by atoms with Crippen LogP contribution in [0.25, 0.3) is 0 Å². The Balaban J connectivity index is 1.64. The first-order chi connectivity index (χ1) is 10.5. The summed E-state index contributed by atoms with van der Waals surface area (Å²) < 4.78 is 31.6. The minimum atomic E-state index is -3.23. The SMILES string of the molecule is CS(=O)(=O)N(C1CCOCC1)C1CCN(C(=O)C2CC2)CC1. The van der Waals surface area contributed by atoms with Gasteiger partial charge in [0.25, 0.3) is 0 Å². The zero-order chi connectivity index (χ0) is 15.7. The summed E-state index contributed by atoms with van der Waals surface area (Å²) in [6, 6.07) is 0.0841. The molecule has 1 aliphatic carbocycles. The lowest BCUT2D eigenvalue weighted by Crippen LogP contribution is -2.53. The summed E-state index contributed by atoms with van der Waals surface area (Å²) in [5.74, 6) is 0.522. The van der Waals surface area contributed by atoms with E-state index in [1.165, 1.54) is 6.26 Å². The van der Waals surface area contributed by atoms with Crippen molar-refractivity contribution in [2.75, 3.05) is 32.6 Å². The second-order valence-electron chi connectivity index (χ2n) is 6.77. The van der Waals surface area contributed by atoms with Gasteiger partial charge < -0.3 is 9.64 Å². The number of hydrogen-bond acceptors (Lipinski definition) is 4. The van der Waals surface area contributed by atoms with Gasteiger partial charge in [-0.3, -0.25) is 4.79 Å². The van der Waals surface area contributed by atoms with Crippen molar-refractivity contribution >= 4 is 15.9 Å². The summed E-state index contributed by atoms with van der Waals surface area (Å²) in [5, 5.41) is 0. The smallest absolute Gasteiger partial charge is 0.225 e. The van der Waals surface area contributed by atoms with Gasteiger partial charge in [-0.1, -0.05) is 0 Å². The summed E-state index contributed by atoms with van der Waals surface area (Å²) in [6.07, 6.45) is 6.41. The Morgan fingerprint density at radius 3 is 2.05 bits per heavy atom. The van der Waals surface area contributed by atoms with Gasteiger partial charge >= 0.3 is 0 Å². The zero-order valence-corrected chi connectivity index (χ0v) is 14.1. The van der Waals surface area contributed by atoms with Crippen molar-refractivity contribution in [1.29, 1.82) is 0 Å². The number of ether oxygens (including phenoxy) is 1. The van der Waals surface area contributed by atoms with E-state index in [-0.39, 0.29) is 23.9 Å². The lowest BCUT2D eigenvalue weighted by atomic mass is 10.0. The highest BCUT2D eigenvalue weighted by Gasteiger charge is 2.39. The molecule has 3 rings (SSSR count). The second kappa shape index (κ2) is 6.45. The zero-order valence-electron chi connectivity index (χ0n) is 13.2. The van der Waals surface area contributed by atoms with Gasteiger partial charge in [0.2, 0.25) is 15.9 Å². The van der Waals surface area contributed by atoms with E-state index in [0.717, 1.165) is 38.5 Å². The molecule has 2 saturated heterocycles. The van der Waals surface area contributed by atoms with Crippen molar-refractivity contribution in [3.8, 4) is 0 Å². The molecular weight excluding hydrogens is 304 g/mol. The number of hydrogen-bond donors (Lipinski definition) is 0. The molecule has 7 heteroatoms. The number of sulfonamides is 1. The summed E-state index contributed by atoms with van der Waals surface area (Å²) in [6.45, 7) is 2.65. The molecule has 2 heterocycles. The molecule has 0 aromatic rings. The van der Waals surface area contributed by atoms with Gasteiger partial charge in [0.15, 0.2) is 0 Å². The Bertz CT molecular complexity index is 504. The van der Waals surface area contributed by atoms with E-state index in [9.17, 15) is 13.2 Å². The first-order valence-corrected chi connectivity index (χ1v) is 10.2. The Hall–Kier alpha value is -0.660. The van der Waals surface area contributed by atoms with Crippen molar-refractivity contribution in [1.82, 2.24) is 9.21 Å². The standard InChI is InChI=1S/C15H26N2O4S/c1-22(19,20)17(14-6-10-21-11-7-14)13-4-8-16(9-5-13)15(18)12-2-3-12/h12-14H,2-11H2,1H3. The highest BCUT2D eigenvalue weighted by molar-refractivity contribution is 7.88. The van der Waals surface area contributed by atoms with Crippen molar-refractivity contribution in [2.45, 2.75) is 50.6 Å². The number of piperidine rings is 1. The van der Waals surface area contributed by atoms with E-state index in [2.05, 4.69) is 0 Å². The van der Waals surface area contributed by atoms with Crippen LogP contribution in [0.1, 0.15) is 38.5 Å². The fourth-order valence-corrected chi connectivity index (χ4v) is 5.21. The van der Waals surface area contributed by atoms with Gasteiger partial charge in [-0.15, -0.1) is 0 Å². The van der Waals surface area contributed by atoms with Crippen molar-refractivity contribution in [3.05, 3.63) is 0 Å².